The van der Waals surface area contributed by atoms with Crippen LogP contribution in [0.1, 0.15) is 92.5 Å². The molecular formula is C32H37F4N3O4S. The third kappa shape index (κ3) is 7.94. The van der Waals surface area contributed by atoms with Gasteiger partial charge in [0.15, 0.2) is 11.6 Å². The minimum absolute atomic E-state index is 0.107. The second-order valence-corrected chi connectivity index (χ2v) is 13.1. The maximum atomic E-state index is 15.5. The Labute approximate surface area is 258 Å². The van der Waals surface area contributed by atoms with E-state index in [1.165, 1.54) is 22.4 Å². The Morgan fingerprint density at radius 1 is 1.11 bits per heavy atom. The van der Waals surface area contributed by atoms with E-state index in [0.717, 1.165) is 42.5 Å². The van der Waals surface area contributed by atoms with Crippen molar-refractivity contribution in [2.24, 2.45) is 17.8 Å². The van der Waals surface area contributed by atoms with E-state index in [0.29, 0.717) is 30.4 Å². The monoisotopic (exact) mass is 635 g/mol. The average Bonchev–Trinajstić information content (AvgIpc) is 3.36. The van der Waals surface area contributed by atoms with Crippen LogP contribution in [0.2, 0.25) is 0 Å². The summed E-state index contributed by atoms with van der Waals surface area (Å²) in [6.45, 7) is 9.58. The van der Waals surface area contributed by atoms with E-state index in [9.17, 15) is 27.9 Å². The summed E-state index contributed by atoms with van der Waals surface area (Å²) in [6, 6.07) is 2.01. The molecule has 0 radical (unpaired) electrons. The predicted octanol–water partition coefficient (Wildman–Crippen LogP) is 8.54. The van der Waals surface area contributed by atoms with Crippen LogP contribution in [0.5, 0.6) is 11.6 Å². The van der Waals surface area contributed by atoms with Gasteiger partial charge < -0.3 is 14.7 Å². The highest BCUT2D eigenvalue weighted by Gasteiger charge is 2.37. The Hall–Kier alpha value is -3.54. The van der Waals surface area contributed by atoms with Crippen LogP contribution in [0.15, 0.2) is 29.8 Å². The Balaban J connectivity index is 1.66. The number of alkyl halides is 3. The van der Waals surface area contributed by atoms with Gasteiger partial charge in [0.25, 0.3) is 0 Å². The number of carbonyl (C=O) groups excluding carboxylic acids is 1. The summed E-state index contributed by atoms with van der Waals surface area (Å²) in [7, 11) is 0. The molecule has 3 aromatic rings. The van der Waals surface area contributed by atoms with Crippen molar-refractivity contribution in [3.05, 3.63) is 63.0 Å². The molecule has 0 unspecified atom stereocenters. The lowest BCUT2D eigenvalue weighted by Crippen LogP contribution is -2.43. The van der Waals surface area contributed by atoms with Gasteiger partial charge >= 0.3 is 12.1 Å². The number of rotatable bonds is 10. The maximum absolute atomic E-state index is 15.5. The molecule has 1 aliphatic carbocycles. The summed E-state index contributed by atoms with van der Waals surface area (Å²) >= 11 is 1.44. The second-order valence-electron chi connectivity index (χ2n) is 12.2. The molecule has 0 atom stereocenters. The standard InChI is InChI=1S/C32H37F4N3O4S/c1-17(2)10-28-38-22(16-44-28)11-20-12-24(32(34,35)36)29(37-15-20)43-27-13-23(31(41)42)26(14-25(27)33)39(18(3)4)30(40)21-8-6-19(5)7-9-21/h12-19,21H,6-11H2,1-5H3,(H,41,42). The Bertz CT molecular complexity index is 1500. The number of carboxylic acid groups (broad SMARTS) is 1. The molecule has 12 heteroatoms. The van der Waals surface area contributed by atoms with Crippen molar-refractivity contribution in [2.45, 2.75) is 85.4 Å². The molecule has 2 aromatic heterocycles. The number of carboxylic acids is 1. The van der Waals surface area contributed by atoms with Crippen LogP contribution in [-0.4, -0.2) is 33.0 Å². The summed E-state index contributed by atoms with van der Waals surface area (Å²) in [5.74, 6) is -4.06. The molecule has 1 fully saturated rings. The molecule has 238 valence electrons. The normalized spacial score (nSPS) is 17.2. The topological polar surface area (TPSA) is 92.6 Å². The molecule has 7 nitrogen and oxygen atoms in total. The van der Waals surface area contributed by atoms with Gasteiger partial charge in [-0.15, -0.1) is 11.3 Å². The molecule has 2 heterocycles. The van der Waals surface area contributed by atoms with Crippen molar-refractivity contribution >= 4 is 28.9 Å². The number of hydrogen-bond donors (Lipinski definition) is 1. The fourth-order valence-corrected chi connectivity index (χ4v) is 6.42. The fraction of sp³-hybridized carbons (Fsp3) is 0.500. The molecule has 44 heavy (non-hydrogen) atoms. The fourth-order valence-electron chi connectivity index (χ4n) is 5.41. The van der Waals surface area contributed by atoms with Crippen molar-refractivity contribution in [1.29, 1.82) is 0 Å². The third-order valence-corrected chi connectivity index (χ3v) is 8.57. The van der Waals surface area contributed by atoms with Gasteiger partial charge in [-0.2, -0.15) is 13.2 Å². The van der Waals surface area contributed by atoms with Gasteiger partial charge in [-0.1, -0.05) is 20.8 Å². The predicted molar refractivity (Wildman–Crippen MR) is 160 cm³/mol. The summed E-state index contributed by atoms with van der Waals surface area (Å²) in [6.07, 6.45) is 0.147. The lowest BCUT2D eigenvalue weighted by molar-refractivity contribution is -0.139. The number of amides is 1. The van der Waals surface area contributed by atoms with Crippen LogP contribution in [0.3, 0.4) is 0 Å². The minimum atomic E-state index is -4.90. The lowest BCUT2D eigenvalue weighted by atomic mass is 9.82. The zero-order valence-electron chi connectivity index (χ0n) is 25.4. The number of aromatic nitrogens is 2. The molecule has 1 amide bonds. The van der Waals surface area contributed by atoms with Crippen molar-refractivity contribution < 1.29 is 37.0 Å². The smallest absolute Gasteiger partial charge is 0.421 e. The van der Waals surface area contributed by atoms with Crippen LogP contribution >= 0.6 is 11.3 Å². The Morgan fingerprint density at radius 2 is 1.80 bits per heavy atom. The molecule has 1 saturated carbocycles. The molecule has 1 aromatic carbocycles. The van der Waals surface area contributed by atoms with Crippen LogP contribution in [0.25, 0.3) is 0 Å². The molecule has 0 saturated heterocycles. The first kappa shape index (κ1) is 33.4. The van der Waals surface area contributed by atoms with Crippen molar-refractivity contribution in [3.63, 3.8) is 0 Å². The first-order chi connectivity index (χ1) is 20.6. The summed E-state index contributed by atoms with van der Waals surface area (Å²) in [5, 5.41) is 12.7. The molecule has 1 aliphatic rings. The molecule has 0 spiro atoms. The van der Waals surface area contributed by atoms with Gasteiger partial charge in [0.2, 0.25) is 11.8 Å². The zero-order chi connectivity index (χ0) is 32.3. The number of pyridine rings is 1. The van der Waals surface area contributed by atoms with E-state index in [-0.39, 0.29) is 29.5 Å². The number of halogens is 4. The van der Waals surface area contributed by atoms with Crippen LogP contribution in [0, 0.1) is 23.6 Å². The maximum Gasteiger partial charge on any atom is 0.421 e. The van der Waals surface area contributed by atoms with E-state index in [1.54, 1.807) is 19.2 Å². The largest absolute Gasteiger partial charge is 0.478 e. The van der Waals surface area contributed by atoms with Crippen molar-refractivity contribution in [2.75, 3.05) is 4.90 Å². The van der Waals surface area contributed by atoms with Gasteiger partial charge in [0.05, 0.1) is 22.0 Å². The van der Waals surface area contributed by atoms with E-state index in [4.69, 9.17) is 4.74 Å². The first-order valence-corrected chi connectivity index (χ1v) is 15.6. The zero-order valence-corrected chi connectivity index (χ0v) is 26.2. The van der Waals surface area contributed by atoms with Crippen LogP contribution in [0.4, 0.5) is 23.2 Å². The molecule has 4 rings (SSSR count). The third-order valence-electron chi connectivity index (χ3n) is 7.65. The lowest BCUT2D eigenvalue weighted by Gasteiger charge is -2.34. The van der Waals surface area contributed by atoms with Gasteiger partial charge in [-0.05, 0) is 63.0 Å². The van der Waals surface area contributed by atoms with Crippen LogP contribution < -0.4 is 9.64 Å². The highest BCUT2D eigenvalue weighted by molar-refractivity contribution is 7.09. The number of thiazole rings is 1. The van der Waals surface area contributed by atoms with E-state index < -0.39 is 46.8 Å². The molecular weight excluding hydrogens is 598 g/mol. The Morgan fingerprint density at radius 3 is 2.39 bits per heavy atom. The van der Waals surface area contributed by atoms with Gasteiger partial charge in [0, 0.05) is 48.5 Å². The minimum Gasteiger partial charge on any atom is -0.478 e. The number of aromatic carboxylic acids is 1. The summed E-state index contributed by atoms with van der Waals surface area (Å²) in [5.41, 5.74) is -1.05. The first-order valence-electron chi connectivity index (χ1n) is 14.7. The molecule has 1 N–H and O–H groups in total. The summed E-state index contributed by atoms with van der Waals surface area (Å²) in [4.78, 5) is 35.4. The Kier molecular flexibility index (Phi) is 10.3. The number of nitrogens with zero attached hydrogens (tertiary/aromatic N) is 3. The average molecular weight is 636 g/mol. The van der Waals surface area contributed by atoms with Crippen molar-refractivity contribution in [3.8, 4) is 11.6 Å². The van der Waals surface area contributed by atoms with Crippen molar-refractivity contribution in [1.82, 2.24) is 9.97 Å². The summed E-state index contributed by atoms with van der Waals surface area (Å²) < 4.78 is 63.1. The van der Waals surface area contributed by atoms with E-state index >= 15 is 4.39 Å². The second kappa shape index (κ2) is 13.6. The van der Waals surface area contributed by atoms with Gasteiger partial charge in [-0.3, -0.25) is 4.79 Å². The number of hydrogen-bond acceptors (Lipinski definition) is 6. The highest BCUT2D eigenvalue weighted by Crippen LogP contribution is 2.40. The highest BCUT2D eigenvalue weighted by atomic mass is 32.1. The van der Waals surface area contributed by atoms with Gasteiger partial charge in [-0.25, -0.2) is 19.2 Å². The molecule has 0 aliphatic heterocycles. The quantitative estimate of drug-likeness (QED) is 0.225. The van der Waals surface area contributed by atoms with Crippen LogP contribution in [-0.2, 0) is 23.8 Å². The number of benzene rings is 1. The molecule has 0 bridgehead atoms. The van der Waals surface area contributed by atoms with Gasteiger partial charge in [0.1, 0.15) is 5.56 Å². The van der Waals surface area contributed by atoms with E-state index in [1.807, 2.05) is 13.8 Å². The van der Waals surface area contributed by atoms with E-state index in [2.05, 4.69) is 16.9 Å². The number of ether oxygens (including phenoxy) is 1. The SMILES string of the molecule is CC(C)Cc1nc(Cc2cnc(Oc3cc(C(=O)O)c(N(C(=O)C4CCC(C)CC4)C(C)C)cc3F)c(C(F)(F)F)c2)cs1. The number of carbonyl (C=O) groups is 2. The number of anilines is 1.